The third kappa shape index (κ3) is 5.67. The van der Waals surface area contributed by atoms with Gasteiger partial charge in [0.25, 0.3) is 0 Å². The van der Waals surface area contributed by atoms with Crippen LogP contribution in [0, 0.1) is 0 Å². The van der Waals surface area contributed by atoms with Gasteiger partial charge >= 0.3 is 0 Å². The summed E-state index contributed by atoms with van der Waals surface area (Å²) in [7, 11) is 0. The first-order valence-electron chi connectivity index (χ1n) is 4.31. The van der Waals surface area contributed by atoms with E-state index in [2.05, 4.69) is 10.7 Å². The third-order valence-electron chi connectivity index (χ3n) is 1.44. The second-order valence-electron chi connectivity index (χ2n) is 2.61. The monoisotopic (exact) mass is 173 g/mol. The van der Waals surface area contributed by atoms with E-state index >= 15 is 0 Å². The van der Waals surface area contributed by atoms with Gasteiger partial charge in [0.2, 0.25) is 0 Å². The lowest BCUT2D eigenvalue weighted by molar-refractivity contribution is -0.118. The molecule has 0 aliphatic rings. The highest BCUT2D eigenvalue weighted by Crippen LogP contribution is 1.95. The Morgan fingerprint density at radius 3 is 2.75 bits per heavy atom. The van der Waals surface area contributed by atoms with Gasteiger partial charge in [-0.2, -0.15) is 0 Å². The summed E-state index contributed by atoms with van der Waals surface area (Å²) in [6.07, 6.45) is 1.27. The minimum absolute atomic E-state index is 0.0419. The van der Waals surface area contributed by atoms with Crippen LogP contribution in [0.1, 0.15) is 19.8 Å². The number of guanidine groups is 1. The van der Waals surface area contributed by atoms with Crippen molar-refractivity contribution in [1.82, 2.24) is 0 Å². The molecule has 0 aromatic heterocycles. The number of hydrogen-bond acceptors (Lipinski definition) is 3. The second-order valence-corrected chi connectivity index (χ2v) is 2.61. The molecular formula is C7H16N4O. The fraction of sp³-hybridized carbons (Fsp3) is 0.714. The molecule has 0 spiro atoms. The zero-order valence-corrected chi connectivity index (χ0v) is 7.21. The maximum atomic E-state index is 10.8. The van der Waals surface area contributed by atoms with Gasteiger partial charge in [0.1, 0.15) is 7.20 Å². The van der Waals surface area contributed by atoms with Crippen LogP contribution in [-0.4, -0.2) is 24.3 Å². The summed E-state index contributed by atoms with van der Waals surface area (Å²) in [5, 5.41) is 0. The van der Waals surface area contributed by atoms with Crippen molar-refractivity contribution < 1.29 is 6.21 Å². The minimum atomic E-state index is -0.408. The van der Waals surface area contributed by atoms with Crippen LogP contribution in [0.4, 0.5) is 0 Å². The zero-order chi connectivity index (χ0) is 10.3. The van der Waals surface area contributed by atoms with E-state index in [4.69, 9.17) is 12.9 Å². The predicted octanol–water partition coefficient (Wildman–Crippen LogP) is -1.04. The molecule has 0 aliphatic carbocycles. The van der Waals surface area contributed by atoms with E-state index in [1.165, 1.54) is 6.92 Å². The molecular weight excluding hydrogens is 156 g/mol. The Morgan fingerprint density at radius 2 is 2.33 bits per heavy atom. The van der Waals surface area contributed by atoms with E-state index in [0.717, 1.165) is 0 Å². The second kappa shape index (κ2) is 5.54. The molecule has 0 heterocycles. The number of aliphatic imine (C=N–C) groups is 1. The maximum absolute atomic E-state index is 10.8. The van der Waals surface area contributed by atoms with Crippen molar-refractivity contribution in [3.05, 3.63) is 0 Å². The number of rotatable bonds is 6. The average Bonchev–Trinajstić information content (AvgIpc) is 2.03. The summed E-state index contributed by atoms with van der Waals surface area (Å²) in [5.41, 5.74) is 12.4. The van der Waals surface area contributed by atoms with Gasteiger partial charge in [-0.1, -0.05) is 0 Å². The van der Waals surface area contributed by atoms with E-state index in [1.807, 2.05) is 0 Å². The molecule has 0 aliphatic heterocycles. The largest absolute Gasteiger partial charge is 0.370 e. The van der Waals surface area contributed by atoms with Crippen molar-refractivity contribution in [1.29, 1.82) is 0 Å². The summed E-state index contributed by atoms with van der Waals surface area (Å²) in [5.74, 6) is 0.0120. The van der Waals surface area contributed by atoms with Crippen LogP contribution in [-0.2, 0) is 4.79 Å². The van der Waals surface area contributed by atoms with Crippen molar-refractivity contribution in [3.63, 3.8) is 0 Å². The molecule has 0 saturated heterocycles. The molecule has 12 heavy (non-hydrogen) atoms. The summed E-state index contributed by atoms with van der Waals surface area (Å²) < 4.78 is 6.85. The van der Waals surface area contributed by atoms with Crippen LogP contribution in [0.2, 0.25) is 1.41 Å². The number of nitrogens with zero attached hydrogens (tertiary/aromatic N) is 1. The zero-order valence-electron chi connectivity index (χ0n) is 8.21. The Morgan fingerprint density at radius 1 is 1.67 bits per heavy atom. The number of carbonyl (C=O) groups excluding carboxylic acids is 1. The Bertz CT molecular complexity index is 191. The summed E-state index contributed by atoms with van der Waals surface area (Å²) in [4.78, 5) is 14.6. The quantitative estimate of drug-likeness (QED) is 0.271. The minimum Gasteiger partial charge on any atom is -0.370 e. The molecule has 1 atom stereocenters. The Hall–Kier alpha value is -1.10. The lowest BCUT2D eigenvalue weighted by Crippen LogP contribution is -2.28. The molecule has 5 nitrogen and oxygen atoms in total. The lowest BCUT2D eigenvalue weighted by atomic mass is 10.1. The summed E-state index contributed by atoms with van der Waals surface area (Å²) in [6, 6.07) is -0.408. The van der Waals surface area contributed by atoms with E-state index in [-0.39, 0.29) is 11.7 Å². The number of Topliss-reactive ketones (excluding diaryl/α,β-unsaturated/α-hetero) is 1. The van der Waals surface area contributed by atoms with E-state index in [9.17, 15) is 4.79 Å². The van der Waals surface area contributed by atoms with Crippen LogP contribution in [0.25, 0.3) is 0 Å². The standard InChI is InChI=1S/C7H16N4O/c1-5(12)6(8)3-2-4-11-7(9)10/h6H,2-4,8H2,1H3,(H4,9,10,11)/t6-/m0/s1/i/hD. The van der Waals surface area contributed by atoms with E-state index in [0.29, 0.717) is 19.4 Å². The number of nitrogens with two attached hydrogens (primary N) is 3. The van der Waals surface area contributed by atoms with Crippen LogP contribution in [0.5, 0.6) is 0 Å². The molecule has 0 amide bonds. The SMILES string of the molecule is [2H]N[C@@H](CCCN=C(N)N)C(C)=O. The molecule has 0 bridgehead atoms. The van der Waals surface area contributed by atoms with E-state index in [1.54, 1.807) is 0 Å². The van der Waals surface area contributed by atoms with Gasteiger partial charge in [-0.15, -0.1) is 0 Å². The topological polar surface area (TPSA) is 107 Å². The lowest BCUT2D eigenvalue weighted by Gasteiger charge is -2.04. The first kappa shape index (κ1) is 8.99. The molecule has 0 radical (unpaired) electrons. The van der Waals surface area contributed by atoms with Crippen molar-refractivity contribution in [2.24, 2.45) is 22.2 Å². The van der Waals surface area contributed by atoms with Gasteiger partial charge in [-0.05, 0) is 19.8 Å². The van der Waals surface area contributed by atoms with Crippen molar-refractivity contribution >= 4 is 11.7 Å². The molecule has 0 fully saturated rings. The Balaban J connectivity index is 3.62. The Kier molecular flexibility index (Phi) is 4.15. The summed E-state index contributed by atoms with van der Waals surface area (Å²) >= 11 is 0. The van der Waals surface area contributed by atoms with Crippen molar-refractivity contribution in [2.75, 3.05) is 6.54 Å². The highest BCUT2D eigenvalue weighted by atomic mass is 16.1. The molecule has 0 rings (SSSR count). The highest BCUT2D eigenvalue weighted by molar-refractivity contribution is 5.81. The smallest absolute Gasteiger partial charge is 0.185 e. The normalized spacial score (nSPS) is 13.2. The predicted molar refractivity (Wildman–Crippen MR) is 48.6 cm³/mol. The molecule has 70 valence electrons. The number of carbonyl (C=O) groups is 1. The molecule has 6 N–H and O–H groups in total. The van der Waals surface area contributed by atoms with E-state index < -0.39 is 6.04 Å². The molecule has 0 aromatic carbocycles. The maximum Gasteiger partial charge on any atom is 0.185 e. The van der Waals surface area contributed by atoms with Gasteiger partial charge in [0.05, 0.1) is 6.04 Å². The summed E-state index contributed by atoms with van der Waals surface area (Å²) in [6.45, 7) is 1.95. The fourth-order valence-corrected chi connectivity index (χ4v) is 0.707. The van der Waals surface area contributed by atoms with Gasteiger partial charge in [-0.3, -0.25) is 9.79 Å². The van der Waals surface area contributed by atoms with Gasteiger partial charge in [-0.25, -0.2) is 0 Å². The van der Waals surface area contributed by atoms with Crippen molar-refractivity contribution in [2.45, 2.75) is 25.8 Å². The first-order chi connectivity index (χ1) is 6.07. The fourth-order valence-electron chi connectivity index (χ4n) is 0.707. The molecule has 0 unspecified atom stereocenters. The van der Waals surface area contributed by atoms with Crippen LogP contribution >= 0.6 is 0 Å². The molecule has 5 heteroatoms. The molecule has 0 aromatic rings. The van der Waals surface area contributed by atoms with Crippen LogP contribution in [0.3, 0.4) is 0 Å². The number of hydrogen-bond donors (Lipinski definition) is 3. The van der Waals surface area contributed by atoms with Crippen molar-refractivity contribution in [3.8, 4) is 0 Å². The van der Waals surface area contributed by atoms with Gasteiger partial charge in [0.15, 0.2) is 5.96 Å². The average molecular weight is 173 g/mol. The highest BCUT2D eigenvalue weighted by Gasteiger charge is 2.05. The molecule has 0 saturated carbocycles. The first-order valence-corrected chi connectivity index (χ1v) is 3.81. The Labute approximate surface area is 73.5 Å². The van der Waals surface area contributed by atoms with Crippen LogP contribution < -0.4 is 17.2 Å². The van der Waals surface area contributed by atoms with Gasteiger partial charge in [0, 0.05) is 6.54 Å². The van der Waals surface area contributed by atoms with Gasteiger partial charge < -0.3 is 17.2 Å². The number of ketones is 1. The van der Waals surface area contributed by atoms with Crippen LogP contribution in [0.15, 0.2) is 4.99 Å². The third-order valence-corrected chi connectivity index (χ3v) is 1.44.